The highest BCUT2D eigenvalue weighted by Crippen LogP contribution is 2.28. The molecule has 5 nitrogen and oxygen atoms in total. The zero-order valence-electron chi connectivity index (χ0n) is 17.8. The fourth-order valence-electron chi connectivity index (χ4n) is 3.20. The van der Waals surface area contributed by atoms with E-state index in [0.29, 0.717) is 24.7 Å². The van der Waals surface area contributed by atoms with E-state index in [9.17, 15) is 4.79 Å². The molecule has 0 aromatic heterocycles. The summed E-state index contributed by atoms with van der Waals surface area (Å²) in [5.74, 6) is 2.12. The van der Waals surface area contributed by atoms with E-state index in [4.69, 9.17) is 14.2 Å². The quantitative estimate of drug-likeness (QED) is 0.499. The smallest absolute Gasteiger partial charge is 0.246 e. The van der Waals surface area contributed by atoms with Crippen LogP contribution in [0.1, 0.15) is 18.1 Å². The summed E-state index contributed by atoms with van der Waals surface area (Å²) in [4.78, 5) is 14.2. The largest absolute Gasteiger partial charge is 0.497 e. The van der Waals surface area contributed by atoms with Gasteiger partial charge < -0.3 is 19.1 Å². The van der Waals surface area contributed by atoms with Crippen LogP contribution in [-0.2, 0) is 11.3 Å². The van der Waals surface area contributed by atoms with Gasteiger partial charge in [-0.3, -0.25) is 4.79 Å². The maximum atomic E-state index is 12.6. The summed E-state index contributed by atoms with van der Waals surface area (Å²) >= 11 is 0. The second-order valence-electron chi connectivity index (χ2n) is 6.92. The highest BCUT2D eigenvalue weighted by Gasteiger charge is 2.10. The summed E-state index contributed by atoms with van der Waals surface area (Å²) in [6.45, 7) is 2.98. The third-order valence-corrected chi connectivity index (χ3v) is 4.81. The van der Waals surface area contributed by atoms with Crippen molar-refractivity contribution in [3.8, 4) is 17.2 Å². The van der Waals surface area contributed by atoms with Gasteiger partial charge in [0.15, 0.2) is 11.5 Å². The van der Waals surface area contributed by atoms with Crippen LogP contribution < -0.4 is 14.2 Å². The lowest BCUT2D eigenvalue weighted by Crippen LogP contribution is -2.24. The van der Waals surface area contributed by atoms with Crippen molar-refractivity contribution >= 4 is 22.8 Å². The minimum Gasteiger partial charge on any atom is -0.497 e. The van der Waals surface area contributed by atoms with Crippen LogP contribution in [0.3, 0.4) is 0 Å². The fraction of sp³-hybridized carbons (Fsp3) is 0.240. The van der Waals surface area contributed by atoms with Crippen LogP contribution in [0.2, 0.25) is 0 Å². The maximum Gasteiger partial charge on any atom is 0.246 e. The second kappa shape index (κ2) is 9.83. The van der Waals surface area contributed by atoms with Crippen LogP contribution in [0.5, 0.6) is 17.2 Å². The summed E-state index contributed by atoms with van der Waals surface area (Å²) in [6, 6.07) is 17.7. The molecular weight excluding hydrogens is 378 g/mol. The molecule has 0 aliphatic carbocycles. The SMILES string of the molecule is CCOc1ccc(CN(C)C(=O)/C=C/c2ccc3cc(OC)ccc3c2)cc1OC. The van der Waals surface area contributed by atoms with Crippen molar-refractivity contribution in [3.05, 3.63) is 71.8 Å². The van der Waals surface area contributed by atoms with Crippen molar-refractivity contribution in [2.75, 3.05) is 27.9 Å². The predicted octanol–water partition coefficient (Wildman–Crippen LogP) is 4.93. The maximum absolute atomic E-state index is 12.6. The van der Waals surface area contributed by atoms with E-state index >= 15 is 0 Å². The molecule has 0 saturated carbocycles. The van der Waals surface area contributed by atoms with E-state index in [1.54, 1.807) is 32.2 Å². The first kappa shape index (κ1) is 21.2. The van der Waals surface area contributed by atoms with Gasteiger partial charge in [-0.25, -0.2) is 0 Å². The van der Waals surface area contributed by atoms with Crippen LogP contribution in [-0.4, -0.2) is 38.7 Å². The molecule has 0 bridgehead atoms. The van der Waals surface area contributed by atoms with Crippen LogP contribution in [0, 0.1) is 0 Å². The molecule has 0 atom stereocenters. The lowest BCUT2D eigenvalue weighted by atomic mass is 10.1. The summed E-state index contributed by atoms with van der Waals surface area (Å²) in [7, 11) is 5.05. The molecule has 0 spiro atoms. The highest BCUT2D eigenvalue weighted by molar-refractivity contribution is 5.93. The second-order valence-corrected chi connectivity index (χ2v) is 6.92. The van der Waals surface area contributed by atoms with Crippen LogP contribution in [0.4, 0.5) is 0 Å². The minimum atomic E-state index is -0.0716. The molecule has 3 aromatic rings. The number of rotatable bonds is 8. The van der Waals surface area contributed by atoms with Crippen molar-refractivity contribution in [1.82, 2.24) is 4.90 Å². The number of hydrogen-bond acceptors (Lipinski definition) is 4. The van der Waals surface area contributed by atoms with Gasteiger partial charge in [-0.2, -0.15) is 0 Å². The van der Waals surface area contributed by atoms with E-state index in [1.807, 2.05) is 61.5 Å². The van der Waals surface area contributed by atoms with Crippen molar-refractivity contribution in [2.45, 2.75) is 13.5 Å². The Morgan fingerprint density at radius 2 is 1.70 bits per heavy atom. The molecule has 0 aliphatic rings. The van der Waals surface area contributed by atoms with Gasteiger partial charge in [0.1, 0.15) is 5.75 Å². The normalized spacial score (nSPS) is 10.9. The number of amides is 1. The predicted molar refractivity (Wildman–Crippen MR) is 120 cm³/mol. The zero-order chi connectivity index (χ0) is 21.5. The van der Waals surface area contributed by atoms with E-state index < -0.39 is 0 Å². The third kappa shape index (κ3) is 5.11. The first-order chi connectivity index (χ1) is 14.5. The molecule has 0 N–H and O–H groups in total. The Morgan fingerprint density at radius 1 is 0.933 bits per heavy atom. The first-order valence-corrected chi connectivity index (χ1v) is 9.84. The van der Waals surface area contributed by atoms with Crippen molar-refractivity contribution in [2.24, 2.45) is 0 Å². The molecule has 30 heavy (non-hydrogen) atoms. The Hall–Kier alpha value is -3.47. The summed E-state index contributed by atoms with van der Waals surface area (Å²) in [6.07, 6.45) is 3.43. The molecule has 0 heterocycles. The number of likely N-dealkylation sites (N-methyl/N-ethyl adjacent to an activating group) is 1. The standard InChI is InChI=1S/C25H27NO4/c1-5-30-23-12-7-19(15-24(23)29-4)17-26(2)25(27)13-8-18-6-9-21-16-22(28-3)11-10-20(21)14-18/h6-16H,5,17H2,1-4H3/b13-8+. The molecular formula is C25H27NO4. The number of ether oxygens (including phenoxy) is 3. The van der Waals surface area contributed by atoms with E-state index in [-0.39, 0.29) is 5.91 Å². The molecule has 0 saturated heterocycles. The van der Waals surface area contributed by atoms with E-state index in [0.717, 1.165) is 27.6 Å². The minimum absolute atomic E-state index is 0.0716. The Morgan fingerprint density at radius 3 is 2.43 bits per heavy atom. The average molecular weight is 405 g/mol. The number of carbonyl (C=O) groups is 1. The Bertz CT molecular complexity index is 1060. The average Bonchev–Trinajstić information content (AvgIpc) is 2.77. The van der Waals surface area contributed by atoms with Crippen molar-refractivity contribution in [1.29, 1.82) is 0 Å². The van der Waals surface area contributed by atoms with Gasteiger partial charge in [-0.1, -0.05) is 24.3 Å². The Kier molecular flexibility index (Phi) is 6.96. The Labute approximate surface area is 177 Å². The molecule has 3 rings (SSSR count). The summed E-state index contributed by atoms with van der Waals surface area (Å²) in [5.41, 5.74) is 1.94. The molecule has 1 amide bonds. The first-order valence-electron chi connectivity index (χ1n) is 9.84. The molecule has 156 valence electrons. The number of carbonyl (C=O) groups excluding carboxylic acids is 1. The molecule has 0 unspecified atom stereocenters. The molecule has 0 radical (unpaired) electrons. The zero-order valence-corrected chi connectivity index (χ0v) is 17.8. The van der Waals surface area contributed by atoms with Crippen molar-refractivity contribution in [3.63, 3.8) is 0 Å². The van der Waals surface area contributed by atoms with E-state index in [1.165, 1.54) is 0 Å². The number of benzene rings is 3. The molecule has 0 aliphatic heterocycles. The topological polar surface area (TPSA) is 48.0 Å². The van der Waals surface area contributed by atoms with Crippen LogP contribution in [0.15, 0.2) is 60.7 Å². The third-order valence-electron chi connectivity index (χ3n) is 4.81. The fourth-order valence-corrected chi connectivity index (χ4v) is 3.20. The number of fused-ring (bicyclic) bond motifs is 1. The lowest BCUT2D eigenvalue weighted by molar-refractivity contribution is -0.125. The highest BCUT2D eigenvalue weighted by atomic mass is 16.5. The molecule has 3 aromatic carbocycles. The Balaban J connectivity index is 1.67. The molecule has 5 heteroatoms. The van der Waals surface area contributed by atoms with Gasteiger partial charge in [-0.05, 0) is 65.2 Å². The van der Waals surface area contributed by atoms with E-state index in [2.05, 4.69) is 6.07 Å². The van der Waals surface area contributed by atoms with Crippen molar-refractivity contribution < 1.29 is 19.0 Å². The molecule has 0 fully saturated rings. The van der Waals surface area contributed by atoms with Gasteiger partial charge in [0.05, 0.1) is 20.8 Å². The summed E-state index contributed by atoms with van der Waals surface area (Å²) in [5, 5.41) is 2.19. The van der Waals surface area contributed by atoms with Gasteiger partial charge in [0, 0.05) is 19.7 Å². The van der Waals surface area contributed by atoms with Gasteiger partial charge in [-0.15, -0.1) is 0 Å². The van der Waals surface area contributed by atoms with Gasteiger partial charge >= 0.3 is 0 Å². The number of nitrogens with zero attached hydrogens (tertiary/aromatic N) is 1. The summed E-state index contributed by atoms with van der Waals surface area (Å²) < 4.78 is 16.2. The van der Waals surface area contributed by atoms with Gasteiger partial charge in [0.2, 0.25) is 5.91 Å². The lowest BCUT2D eigenvalue weighted by Gasteiger charge is -2.17. The number of methoxy groups -OCH3 is 2. The van der Waals surface area contributed by atoms with Crippen LogP contribution in [0.25, 0.3) is 16.8 Å². The van der Waals surface area contributed by atoms with Gasteiger partial charge in [0.25, 0.3) is 0 Å². The monoisotopic (exact) mass is 405 g/mol. The van der Waals surface area contributed by atoms with Crippen LogP contribution >= 0.6 is 0 Å². The number of hydrogen-bond donors (Lipinski definition) is 0.